The molecule has 0 atom stereocenters. The first-order valence-corrected chi connectivity index (χ1v) is 10.8. The van der Waals surface area contributed by atoms with Crippen molar-refractivity contribution in [3.63, 3.8) is 0 Å². The molecule has 0 spiro atoms. The monoisotopic (exact) mass is 444 g/mol. The average Bonchev–Trinajstić information content (AvgIpc) is 2.81. The van der Waals surface area contributed by atoms with E-state index in [1.165, 1.54) is 6.08 Å². The quantitative estimate of drug-likeness (QED) is 0.434. The molecule has 33 heavy (non-hydrogen) atoms. The van der Waals surface area contributed by atoms with Gasteiger partial charge in [0.15, 0.2) is 0 Å². The first-order valence-electron chi connectivity index (χ1n) is 10.8. The van der Waals surface area contributed by atoms with E-state index in [0.717, 1.165) is 21.2 Å². The Labute approximate surface area is 191 Å². The number of carbonyl (C=O) groups is 3. The third-order valence-electron chi connectivity index (χ3n) is 5.26. The number of amides is 4. The Hall–Kier alpha value is -4.13. The second-order valence-electron chi connectivity index (χ2n) is 7.42. The number of urea groups is 1. The molecule has 7 nitrogen and oxygen atoms in total. The number of rotatable bonds is 7. The summed E-state index contributed by atoms with van der Waals surface area (Å²) in [5.74, 6) is -0.209. The van der Waals surface area contributed by atoms with E-state index >= 15 is 0 Å². The number of nitrogens with one attached hydrogen (secondary N) is 1. The highest BCUT2D eigenvalue weighted by atomic mass is 16.5. The van der Waals surface area contributed by atoms with Crippen molar-refractivity contribution in [1.82, 2.24) is 10.2 Å². The minimum atomic E-state index is -0.743. The minimum Gasteiger partial charge on any atom is -0.494 e. The number of barbiturate groups is 1. The van der Waals surface area contributed by atoms with E-state index in [-0.39, 0.29) is 12.1 Å². The highest BCUT2D eigenvalue weighted by Crippen LogP contribution is 2.33. The number of imide groups is 2. The molecule has 4 amide bonds. The van der Waals surface area contributed by atoms with Crippen molar-refractivity contribution in [2.45, 2.75) is 20.4 Å². The molecule has 1 aliphatic rings. The lowest BCUT2D eigenvalue weighted by atomic mass is 9.99. The lowest BCUT2D eigenvalue weighted by molar-refractivity contribution is -0.130. The van der Waals surface area contributed by atoms with Gasteiger partial charge in [-0.25, -0.2) is 4.79 Å². The van der Waals surface area contributed by atoms with Crippen molar-refractivity contribution < 1.29 is 23.9 Å². The molecule has 1 fully saturated rings. The molecule has 1 N–H and O–H groups in total. The molecule has 0 radical (unpaired) electrons. The summed E-state index contributed by atoms with van der Waals surface area (Å²) < 4.78 is 11.4. The van der Waals surface area contributed by atoms with Gasteiger partial charge in [0.05, 0.1) is 19.8 Å². The predicted octanol–water partition coefficient (Wildman–Crippen LogP) is 4.30. The van der Waals surface area contributed by atoms with Crippen molar-refractivity contribution in [2.75, 3.05) is 13.2 Å². The Morgan fingerprint density at radius 3 is 2.36 bits per heavy atom. The van der Waals surface area contributed by atoms with Crippen molar-refractivity contribution in [3.05, 3.63) is 77.4 Å². The second-order valence-corrected chi connectivity index (χ2v) is 7.42. The maximum absolute atomic E-state index is 13.2. The van der Waals surface area contributed by atoms with Gasteiger partial charge in [0.1, 0.15) is 17.1 Å². The third-order valence-corrected chi connectivity index (χ3v) is 5.26. The molecule has 0 unspecified atom stereocenters. The summed E-state index contributed by atoms with van der Waals surface area (Å²) in [6.07, 6.45) is 1.49. The molecular weight excluding hydrogens is 420 g/mol. The molecule has 0 aliphatic carbocycles. The Morgan fingerprint density at radius 2 is 1.64 bits per heavy atom. The van der Waals surface area contributed by atoms with Crippen LogP contribution in [0.25, 0.3) is 16.8 Å². The zero-order chi connectivity index (χ0) is 23.4. The van der Waals surface area contributed by atoms with Gasteiger partial charge in [-0.2, -0.15) is 0 Å². The van der Waals surface area contributed by atoms with Gasteiger partial charge in [-0.15, -0.1) is 0 Å². The second kappa shape index (κ2) is 9.56. The van der Waals surface area contributed by atoms with Crippen LogP contribution < -0.4 is 14.8 Å². The smallest absolute Gasteiger partial charge is 0.331 e. The Bertz CT molecular complexity index is 1250. The van der Waals surface area contributed by atoms with Gasteiger partial charge in [-0.05, 0) is 54.5 Å². The van der Waals surface area contributed by atoms with Crippen LogP contribution in [-0.2, 0) is 16.1 Å². The van der Waals surface area contributed by atoms with Gasteiger partial charge >= 0.3 is 6.03 Å². The molecule has 3 aromatic rings. The summed E-state index contributed by atoms with van der Waals surface area (Å²) in [6, 6.07) is 17.7. The van der Waals surface area contributed by atoms with Crippen LogP contribution in [0.15, 0.2) is 66.2 Å². The molecule has 1 heterocycles. The fraction of sp³-hybridized carbons (Fsp3) is 0.192. The third kappa shape index (κ3) is 4.57. The topological polar surface area (TPSA) is 84.9 Å². The van der Waals surface area contributed by atoms with E-state index < -0.39 is 17.8 Å². The lowest BCUT2D eigenvalue weighted by Gasteiger charge is -2.26. The zero-order valence-corrected chi connectivity index (χ0v) is 18.5. The Kier molecular flexibility index (Phi) is 6.40. The molecule has 7 heteroatoms. The lowest BCUT2D eigenvalue weighted by Crippen LogP contribution is -2.53. The van der Waals surface area contributed by atoms with Crippen LogP contribution in [-0.4, -0.2) is 36.0 Å². The number of ether oxygens (including phenoxy) is 2. The summed E-state index contributed by atoms with van der Waals surface area (Å²) in [7, 11) is 0. The van der Waals surface area contributed by atoms with E-state index in [0.29, 0.717) is 30.3 Å². The molecule has 0 aromatic heterocycles. The maximum atomic E-state index is 13.2. The van der Waals surface area contributed by atoms with Crippen LogP contribution in [0.4, 0.5) is 4.79 Å². The Balaban J connectivity index is 1.81. The number of nitrogens with zero attached hydrogens (tertiary/aromatic N) is 1. The van der Waals surface area contributed by atoms with Gasteiger partial charge in [-0.1, -0.05) is 42.5 Å². The minimum absolute atomic E-state index is 0.0540. The summed E-state index contributed by atoms with van der Waals surface area (Å²) in [4.78, 5) is 39.4. The van der Waals surface area contributed by atoms with Crippen molar-refractivity contribution in [1.29, 1.82) is 0 Å². The highest BCUT2D eigenvalue weighted by molar-refractivity contribution is 6.31. The van der Waals surface area contributed by atoms with E-state index in [2.05, 4.69) is 5.32 Å². The van der Waals surface area contributed by atoms with E-state index in [9.17, 15) is 14.4 Å². The van der Waals surface area contributed by atoms with Gasteiger partial charge in [0, 0.05) is 5.56 Å². The number of hydrogen-bond donors (Lipinski definition) is 1. The first-order chi connectivity index (χ1) is 16.0. The summed E-state index contributed by atoms with van der Waals surface area (Å²) in [5, 5.41) is 3.94. The number of carbonyl (C=O) groups excluding carboxylic acids is 3. The number of fused-ring (bicyclic) bond motifs is 1. The number of hydrogen-bond acceptors (Lipinski definition) is 5. The average molecular weight is 444 g/mol. The molecule has 4 rings (SSSR count). The molecule has 0 saturated carbocycles. The Morgan fingerprint density at radius 1 is 0.909 bits per heavy atom. The van der Waals surface area contributed by atoms with E-state index in [1.807, 2.05) is 68.4 Å². The van der Waals surface area contributed by atoms with Crippen LogP contribution in [0.1, 0.15) is 25.0 Å². The van der Waals surface area contributed by atoms with Gasteiger partial charge < -0.3 is 9.47 Å². The fourth-order valence-corrected chi connectivity index (χ4v) is 3.74. The summed E-state index contributed by atoms with van der Waals surface area (Å²) in [5.41, 5.74) is 1.21. The molecule has 1 saturated heterocycles. The van der Waals surface area contributed by atoms with Gasteiger partial charge in [0.25, 0.3) is 11.8 Å². The fourth-order valence-electron chi connectivity index (χ4n) is 3.74. The van der Waals surface area contributed by atoms with E-state index in [1.54, 1.807) is 6.07 Å². The van der Waals surface area contributed by atoms with Gasteiger partial charge in [-0.3, -0.25) is 19.8 Å². The predicted molar refractivity (Wildman–Crippen MR) is 125 cm³/mol. The standard InChI is InChI=1S/C26H24N2O5/c1-3-32-19-12-10-18-11-13-23(33-4-2)21(20(18)14-19)15-22-24(29)27-26(31)28(25(22)30)16-17-8-6-5-7-9-17/h5-15H,3-4,16H2,1-2H3,(H,27,29,31)/b22-15+. The summed E-state index contributed by atoms with van der Waals surface area (Å²) >= 11 is 0. The zero-order valence-electron chi connectivity index (χ0n) is 18.5. The van der Waals surface area contributed by atoms with Crippen LogP contribution in [0.2, 0.25) is 0 Å². The normalized spacial score (nSPS) is 15.2. The van der Waals surface area contributed by atoms with Crippen LogP contribution in [0, 0.1) is 0 Å². The van der Waals surface area contributed by atoms with E-state index in [4.69, 9.17) is 9.47 Å². The van der Waals surface area contributed by atoms with Crippen LogP contribution in [0.5, 0.6) is 11.5 Å². The van der Waals surface area contributed by atoms with Crippen molar-refractivity contribution >= 4 is 34.7 Å². The van der Waals surface area contributed by atoms with Crippen LogP contribution in [0.3, 0.4) is 0 Å². The molecule has 3 aromatic carbocycles. The molecule has 0 bridgehead atoms. The largest absolute Gasteiger partial charge is 0.494 e. The molecular formula is C26H24N2O5. The SMILES string of the molecule is CCOc1ccc2ccc(OCC)c(/C=C3\C(=O)NC(=O)N(Cc4ccccc4)C3=O)c2c1. The van der Waals surface area contributed by atoms with Crippen LogP contribution >= 0.6 is 0 Å². The number of benzene rings is 3. The highest BCUT2D eigenvalue weighted by Gasteiger charge is 2.36. The van der Waals surface area contributed by atoms with Crippen molar-refractivity contribution in [3.8, 4) is 11.5 Å². The molecule has 168 valence electrons. The molecule has 1 aliphatic heterocycles. The van der Waals surface area contributed by atoms with Gasteiger partial charge in [0.2, 0.25) is 0 Å². The van der Waals surface area contributed by atoms with Crippen molar-refractivity contribution in [2.24, 2.45) is 0 Å². The summed E-state index contributed by atoms with van der Waals surface area (Å²) in [6.45, 7) is 4.72. The first kappa shape index (κ1) is 22.1. The maximum Gasteiger partial charge on any atom is 0.331 e.